The Labute approximate surface area is 113 Å². The average Bonchev–Trinajstić information content (AvgIpc) is 2.75. The Morgan fingerprint density at radius 3 is 2.63 bits per heavy atom. The Bertz CT molecular complexity index is 482. The lowest BCUT2D eigenvalue weighted by Gasteiger charge is -2.30. The number of nitrogen functional groups attached to an aromatic ring is 1. The molecule has 0 radical (unpaired) electrons. The van der Waals surface area contributed by atoms with Gasteiger partial charge >= 0.3 is 0 Å². The first kappa shape index (κ1) is 13.7. The van der Waals surface area contributed by atoms with E-state index in [2.05, 4.69) is 0 Å². The Morgan fingerprint density at radius 2 is 2.05 bits per heavy atom. The van der Waals surface area contributed by atoms with Gasteiger partial charge in [-0.05, 0) is 31.0 Å². The molecule has 1 aromatic carbocycles. The van der Waals surface area contributed by atoms with E-state index in [0.29, 0.717) is 17.8 Å². The number of carbonyl (C=O) groups is 1. The number of hydrogen-bond donors (Lipinski definition) is 3. The summed E-state index contributed by atoms with van der Waals surface area (Å²) in [5, 5.41) is 10.4. The van der Waals surface area contributed by atoms with Crippen LogP contribution in [-0.2, 0) is 0 Å². The number of rotatable bonds is 4. The summed E-state index contributed by atoms with van der Waals surface area (Å²) in [6.45, 7) is 0.513. The third kappa shape index (κ3) is 2.98. The van der Waals surface area contributed by atoms with E-state index in [4.69, 9.17) is 11.5 Å². The summed E-state index contributed by atoms with van der Waals surface area (Å²) in [6.07, 6.45) is 3.74. The van der Waals surface area contributed by atoms with Gasteiger partial charge in [-0.3, -0.25) is 4.79 Å². The number of hydrogen-bond acceptors (Lipinski definition) is 4. The molecule has 19 heavy (non-hydrogen) atoms. The summed E-state index contributed by atoms with van der Waals surface area (Å²) < 4.78 is 0. The number of aliphatic hydroxyl groups is 1. The highest BCUT2D eigenvalue weighted by atomic mass is 16.3. The maximum Gasteiger partial charge on any atom is 0.248 e. The predicted molar refractivity (Wildman–Crippen MR) is 76.1 cm³/mol. The quantitative estimate of drug-likeness (QED) is 0.709. The van der Waals surface area contributed by atoms with Crippen molar-refractivity contribution < 1.29 is 9.90 Å². The van der Waals surface area contributed by atoms with Gasteiger partial charge in [-0.1, -0.05) is 12.8 Å². The molecule has 104 valence electrons. The molecule has 1 aromatic rings. The van der Waals surface area contributed by atoms with Crippen LogP contribution in [0.2, 0.25) is 0 Å². The summed E-state index contributed by atoms with van der Waals surface area (Å²) in [5.41, 5.74) is 12.3. The van der Waals surface area contributed by atoms with Crippen molar-refractivity contribution in [2.45, 2.75) is 31.3 Å². The Morgan fingerprint density at radius 1 is 1.42 bits per heavy atom. The Balaban J connectivity index is 2.20. The molecule has 0 spiro atoms. The van der Waals surface area contributed by atoms with Gasteiger partial charge in [-0.15, -0.1) is 0 Å². The largest absolute Gasteiger partial charge is 0.397 e. The van der Waals surface area contributed by atoms with Crippen molar-refractivity contribution in [3.05, 3.63) is 23.8 Å². The van der Waals surface area contributed by atoms with E-state index in [1.165, 1.54) is 0 Å². The van der Waals surface area contributed by atoms with Gasteiger partial charge in [0.25, 0.3) is 0 Å². The third-order valence-electron chi connectivity index (χ3n) is 3.79. The monoisotopic (exact) mass is 263 g/mol. The van der Waals surface area contributed by atoms with Crippen LogP contribution >= 0.6 is 0 Å². The number of anilines is 2. The fourth-order valence-electron chi connectivity index (χ4n) is 2.75. The van der Waals surface area contributed by atoms with Gasteiger partial charge in [-0.25, -0.2) is 0 Å². The minimum atomic E-state index is -0.649. The molecule has 0 unspecified atom stereocenters. The van der Waals surface area contributed by atoms with Gasteiger partial charge in [0.05, 0.1) is 17.0 Å². The number of likely N-dealkylation sites (N-methyl/N-ethyl adjacent to an activating group) is 1. The van der Waals surface area contributed by atoms with Gasteiger partial charge in [0.15, 0.2) is 0 Å². The fraction of sp³-hybridized carbons (Fsp3) is 0.500. The molecule has 1 aliphatic carbocycles. The molecule has 2 rings (SSSR count). The first-order valence-corrected chi connectivity index (χ1v) is 6.54. The summed E-state index contributed by atoms with van der Waals surface area (Å²) in [4.78, 5) is 13.1. The molecule has 0 aliphatic heterocycles. The van der Waals surface area contributed by atoms with E-state index in [1.54, 1.807) is 18.2 Å². The SMILES string of the molecule is CN(CC1(O)CCCC1)c1cc(C(N)=O)ccc1N. The van der Waals surface area contributed by atoms with Crippen molar-refractivity contribution in [2.24, 2.45) is 5.73 Å². The molecule has 5 nitrogen and oxygen atoms in total. The standard InChI is InChI=1S/C14H21N3O2/c1-17(9-14(19)6-2-3-7-14)12-8-10(13(16)18)4-5-11(12)15/h4-5,8,19H,2-3,6-7,9,15H2,1H3,(H2,16,18). The van der Waals surface area contributed by atoms with Crippen LogP contribution in [0.1, 0.15) is 36.0 Å². The highest BCUT2D eigenvalue weighted by Gasteiger charge is 2.32. The summed E-state index contributed by atoms with van der Waals surface area (Å²) in [7, 11) is 1.87. The predicted octanol–water partition coefficient (Wildman–Crippen LogP) is 1.11. The van der Waals surface area contributed by atoms with Gasteiger partial charge in [0.2, 0.25) is 5.91 Å². The van der Waals surface area contributed by atoms with Crippen molar-refractivity contribution in [3.8, 4) is 0 Å². The molecule has 1 aliphatic rings. The second kappa shape index (κ2) is 5.09. The maximum absolute atomic E-state index is 11.2. The molecule has 1 amide bonds. The van der Waals surface area contributed by atoms with Gasteiger partial charge < -0.3 is 21.5 Å². The van der Waals surface area contributed by atoms with Gasteiger partial charge in [0.1, 0.15) is 0 Å². The molecular formula is C14H21N3O2. The number of primary amides is 1. The maximum atomic E-state index is 11.2. The summed E-state index contributed by atoms with van der Waals surface area (Å²) in [6, 6.07) is 4.96. The first-order valence-electron chi connectivity index (χ1n) is 6.54. The third-order valence-corrected chi connectivity index (χ3v) is 3.79. The molecule has 0 saturated heterocycles. The van der Waals surface area contributed by atoms with E-state index in [1.807, 2.05) is 11.9 Å². The van der Waals surface area contributed by atoms with E-state index in [9.17, 15) is 9.90 Å². The lowest BCUT2D eigenvalue weighted by Crippen LogP contribution is -2.39. The van der Waals surface area contributed by atoms with Gasteiger partial charge in [-0.2, -0.15) is 0 Å². The topological polar surface area (TPSA) is 92.6 Å². The molecule has 1 fully saturated rings. The molecular weight excluding hydrogens is 242 g/mol. The van der Waals surface area contributed by atoms with E-state index >= 15 is 0 Å². The van der Waals surface area contributed by atoms with E-state index in [-0.39, 0.29) is 0 Å². The van der Waals surface area contributed by atoms with Crippen LogP contribution in [0.3, 0.4) is 0 Å². The molecule has 5 N–H and O–H groups in total. The molecule has 0 aromatic heterocycles. The van der Waals surface area contributed by atoms with E-state index in [0.717, 1.165) is 31.4 Å². The zero-order valence-electron chi connectivity index (χ0n) is 11.2. The normalized spacial score (nSPS) is 17.4. The van der Waals surface area contributed by atoms with Crippen LogP contribution in [0.5, 0.6) is 0 Å². The van der Waals surface area contributed by atoms with Crippen LogP contribution in [0, 0.1) is 0 Å². The van der Waals surface area contributed by atoms with Crippen LogP contribution in [0.4, 0.5) is 11.4 Å². The second-order valence-electron chi connectivity index (χ2n) is 5.43. The minimum absolute atomic E-state index is 0.425. The molecule has 0 bridgehead atoms. The number of benzene rings is 1. The number of amides is 1. The summed E-state index contributed by atoms with van der Waals surface area (Å²) >= 11 is 0. The molecule has 0 heterocycles. The Hall–Kier alpha value is -1.75. The molecule has 0 atom stereocenters. The van der Waals surface area contributed by atoms with E-state index < -0.39 is 11.5 Å². The first-order chi connectivity index (χ1) is 8.91. The number of nitrogens with two attached hydrogens (primary N) is 2. The van der Waals surface area contributed by atoms with Crippen LogP contribution in [-0.4, -0.2) is 30.2 Å². The Kier molecular flexibility index (Phi) is 3.66. The number of carbonyl (C=O) groups excluding carboxylic acids is 1. The zero-order valence-corrected chi connectivity index (χ0v) is 11.2. The van der Waals surface area contributed by atoms with Gasteiger partial charge in [0, 0.05) is 19.2 Å². The second-order valence-corrected chi connectivity index (χ2v) is 5.43. The minimum Gasteiger partial charge on any atom is -0.397 e. The average molecular weight is 263 g/mol. The van der Waals surface area contributed by atoms with Crippen molar-refractivity contribution >= 4 is 17.3 Å². The lowest BCUT2D eigenvalue weighted by atomic mass is 10.0. The zero-order chi connectivity index (χ0) is 14.0. The van der Waals surface area contributed by atoms with Crippen LogP contribution in [0.25, 0.3) is 0 Å². The van der Waals surface area contributed by atoms with Crippen molar-refractivity contribution in [1.29, 1.82) is 0 Å². The highest BCUT2D eigenvalue weighted by molar-refractivity contribution is 5.95. The van der Waals surface area contributed by atoms with Crippen molar-refractivity contribution in [3.63, 3.8) is 0 Å². The van der Waals surface area contributed by atoms with Crippen molar-refractivity contribution in [1.82, 2.24) is 0 Å². The smallest absolute Gasteiger partial charge is 0.248 e. The fourth-order valence-corrected chi connectivity index (χ4v) is 2.75. The van der Waals surface area contributed by atoms with Crippen LogP contribution < -0.4 is 16.4 Å². The lowest BCUT2D eigenvalue weighted by molar-refractivity contribution is 0.0559. The molecule has 5 heteroatoms. The molecule has 1 saturated carbocycles. The highest BCUT2D eigenvalue weighted by Crippen LogP contribution is 2.32. The summed E-state index contributed by atoms with van der Waals surface area (Å²) in [5.74, 6) is -0.478. The van der Waals surface area contributed by atoms with Crippen LogP contribution in [0.15, 0.2) is 18.2 Å². The van der Waals surface area contributed by atoms with Crippen molar-refractivity contribution in [2.75, 3.05) is 24.2 Å². The number of nitrogens with zero attached hydrogens (tertiary/aromatic N) is 1.